The summed E-state index contributed by atoms with van der Waals surface area (Å²) < 4.78 is 56.7. The predicted molar refractivity (Wildman–Crippen MR) is 231 cm³/mol. The third kappa shape index (κ3) is 9.31. The first-order valence-electron chi connectivity index (χ1n) is 20.5. The zero-order valence-corrected chi connectivity index (χ0v) is 34.3. The minimum absolute atomic E-state index is 0.0535. The Balaban J connectivity index is 1.16. The zero-order valence-electron chi connectivity index (χ0n) is 34.3. The molecule has 4 atom stereocenters. The van der Waals surface area contributed by atoms with Gasteiger partial charge in [0.1, 0.15) is 67.2 Å². The molecular weight excluding hydrogens is 789 g/mol. The van der Waals surface area contributed by atoms with E-state index in [-0.39, 0.29) is 54.7 Å². The normalized spacial score (nSPS) is 19.1. The Morgan fingerprint density at radius 1 is 0.613 bits per heavy atom. The summed E-state index contributed by atoms with van der Waals surface area (Å²) in [4.78, 5) is 15.1. The molecule has 7 aromatic rings. The number of aliphatic hydroxyl groups is 1. The van der Waals surface area contributed by atoms with Crippen LogP contribution in [-0.4, -0.2) is 42.1 Å². The number of hydrogen-bond acceptors (Lipinski definition) is 11. The minimum Gasteiger partial charge on any atom is -0.489 e. The van der Waals surface area contributed by atoms with Crippen LogP contribution in [0.4, 0.5) is 0 Å². The molecule has 11 nitrogen and oxygen atoms in total. The van der Waals surface area contributed by atoms with Crippen molar-refractivity contribution in [1.82, 2.24) is 0 Å². The Hall–Kier alpha value is -6.63. The van der Waals surface area contributed by atoms with Crippen molar-refractivity contribution in [3.05, 3.63) is 184 Å². The van der Waals surface area contributed by atoms with Gasteiger partial charge in [-0.15, -0.1) is 0 Å². The van der Waals surface area contributed by atoms with Crippen molar-refractivity contribution in [2.24, 2.45) is 0 Å². The number of rotatable bonds is 15. The molecule has 0 unspecified atom stereocenters. The summed E-state index contributed by atoms with van der Waals surface area (Å²) in [6, 6.07) is 47.6. The van der Waals surface area contributed by atoms with Gasteiger partial charge in [-0.05, 0) is 54.3 Å². The molecule has 0 radical (unpaired) electrons. The first-order chi connectivity index (χ1) is 30.3. The first kappa shape index (κ1) is 40.8. The van der Waals surface area contributed by atoms with E-state index in [1.807, 2.05) is 121 Å². The van der Waals surface area contributed by atoms with E-state index < -0.39 is 35.8 Å². The lowest BCUT2D eigenvalue weighted by atomic mass is 10.1. The van der Waals surface area contributed by atoms with Crippen LogP contribution in [0.15, 0.2) is 161 Å². The fourth-order valence-electron chi connectivity index (χ4n) is 7.51. The fraction of sp³-hybridized carbons (Fsp3) is 0.235. The van der Waals surface area contributed by atoms with Crippen LogP contribution >= 0.6 is 0 Å². The van der Waals surface area contributed by atoms with Gasteiger partial charge in [0, 0.05) is 17.7 Å². The van der Waals surface area contributed by atoms with Gasteiger partial charge in [0.2, 0.25) is 17.5 Å². The van der Waals surface area contributed by atoms with E-state index in [0.717, 1.165) is 22.3 Å². The van der Waals surface area contributed by atoms with Crippen LogP contribution in [-0.2, 0) is 40.6 Å². The van der Waals surface area contributed by atoms with Gasteiger partial charge in [0.05, 0.1) is 6.61 Å². The number of aliphatic hydroxyl groups excluding tert-OH is 1. The Bertz CT molecular complexity index is 2650. The van der Waals surface area contributed by atoms with E-state index >= 15 is 4.79 Å². The fourth-order valence-corrected chi connectivity index (χ4v) is 7.51. The summed E-state index contributed by atoms with van der Waals surface area (Å²) in [5.74, 6) is 0.402. The van der Waals surface area contributed by atoms with E-state index in [2.05, 4.69) is 0 Å². The molecule has 0 aliphatic carbocycles. The molecule has 2 aliphatic heterocycles. The average Bonchev–Trinajstić information content (AvgIpc) is 3.63. The van der Waals surface area contributed by atoms with Crippen molar-refractivity contribution in [1.29, 1.82) is 0 Å². The van der Waals surface area contributed by atoms with Gasteiger partial charge in [-0.1, -0.05) is 121 Å². The molecule has 1 aromatic heterocycles. The van der Waals surface area contributed by atoms with Crippen molar-refractivity contribution in [3.8, 4) is 40.1 Å². The van der Waals surface area contributed by atoms with Crippen LogP contribution in [0.5, 0.6) is 28.7 Å². The molecule has 9 rings (SSSR count). The molecule has 1 N–H and O–H groups in total. The lowest BCUT2D eigenvalue weighted by Crippen LogP contribution is -2.54. The van der Waals surface area contributed by atoms with Gasteiger partial charge in [-0.3, -0.25) is 4.79 Å². The molecule has 2 aliphatic rings. The van der Waals surface area contributed by atoms with Gasteiger partial charge < -0.3 is 47.4 Å². The molecule has 0 bridgehead atoms. The standard InChI is InChI=1S/C51H46O11/c1-51(2)61-43-32-58-50(46(53)48(43)62-51)60-49-45(52)44-41(57-31-36-21-13-6-14-22-36)26-38(54-28-33-15-7-3-8-16-33)27-42(44)59-47(49)37-23-24-39(55-29-34-17-9-4-10-18-34)40(25-37)56-30-35-19-11-5-12-20-35/h3-27,43,46,48,50,53H,28-32H2,1-2H3/t43-,46+,48-,50-/m0/s1. The predicted octanol–water partition coefficient (Wildman–Crippen LogP) is 9.39. The largest absolute Gasteiger partial charge is 0.489 e. The molecule has 62 heavy (non-hydrogen) atoms. The highest BCUT2D eigenvalue weighted by Gasteiger charge is 2.51. The topological polar surface area (TPSA) is 124 Å². The number of hydrogen-bond donors (Lipinski definition) is 1. The Labute approximate surface area is 358 Å². The average molecular weight is 835 g/mol. The van der Waals surface area contributed by atoms with Crippen molar-refractivity contribution in [2.75, 3.05) is 6.61 Å². The first-order valence-corrected chi connectivity index (χ1v) is 20.5. The summed E-state index contributed by atoms with van der Waals surface area (Å²) in [5.41, 5.74) is 3.82. The van der Waals surface area contributed by atoms with Gasteiger partial charge in [0.25, 0.3) is 0 Å². The highest BCUT2D eigenvalue weighted by atomic mass is 16.8. The summed E-state index contributed by atoms with van der Waals surface area (Å²) in [6.07, 6.45) is -3.95. The molecule has 2 fully saturated rings. The highest BCUT2D eigenvalue weighted by Crippen LogP contribution is 2.42. The smallest absolute Gasteiger partial charge is 0.239 e. The van der Waals surface area contributed by atoms with E-state index in [0.29, 0.717) is 29.4 Å². The highest BCUT2D eigenvalue weighted by molar-refractivity contribution is 5.89. The van der Waals surface area contributed by atoms with Gasteiger partial charge in [-0.25, -0.2) is 0 Å². The molecule has 6 aromatic carbocycles. The van der Waals surface area contributed by atoms with E-state index in [4.69, 9.17) is 42.3 Å². The van der Waals surface area contributed by atoms with Gasteiger partial charge in [0.15, 0.2) is 23.0 Å². The van der Waals surface area contributed by atoms with Gasteiger partial charge in [-0.2, -0.15) is 0 Å². The SMILES string of the molecule is CC1(C)O[C@@H]2[C@@H](O)[C@H](Oc3c(-c4ccc(OCc5ccccc5)c(OCc5ccccc5)c4)oc4cc(OCc5ccccc5)cc(OCc5ccccc5)c4c3=O)OC[C@@H]2O1. The quantitative estimate of drug-likeness (QED) is 0.106. The van der Waals surface area contributed by atoms with E-state index in [1.165, 1.54) is 0 Å². The van der Waals surface area contributed by atoms with Crippen molar-refractivity contribution < 1.29 is 47.4 Å². The Morgan fingerprint density at radius 3 is 1.73 bits per heavy atom. The van der Waals surface area contributed by atoms with Crippen molar-refractivity contribution in [3.63, 3.8) is 0 Å². The number of benzene rings is 6. The molecular formula is C51H46O11. The maximum absolute atomic E-state index is 15.1. The second kappa shape index (κ2) is 18.2. The summed E-state index contributed by atoms with van der Waals surface area (Å²) in [6.45, 7) is 4.54. The Morgan fingerprint density at radius 2 is 1.15 bits per heavy atom. The maximum atomic E-state index is 15.1. The van der Waals surface area contributed by atoms with Gasteiger partial charge >= 0.3 is 0 Å². The molecule has 2 saturated heterocycles. The van der Waals surface area contributed by atoms with Crippen LogP contribution in [0.3, 0.4) is 0 Å². The summed E-state index contributed by atoms with van der Waals surface area (Å²) >= 11 is 0. The number of fused-ring (bicyclic) bond motifs is 2. The monoisotopic (exact) mass is 834 g/mol. The second-order valence-corrected chi connectivity index (χ2v) is 15.6. The van der Waals surface area contributed by atoms with Crippen LogP contribution in [0, 0.1) is 0 Å². The maximum Gasteiger partial charge on any atom is 0.239 e. The third-order valence-corrected chi connectivity index (χ3v) is 10.6. The minimum atomic E-state index is -1.32. The van der Waals surface area contributed by atoms with Crippen LogP contribution in [0.2, 0.25) is 0 Å². The van der Waals surface area contributed by atoms with Crippen molar-refractivity contribution in [2.45, 2.75) is 70.7 Å². The molecule has 316 valence electrons. The third-order valence-electron chi connectivity index (χ3n) is 10.6. The van der Waals surface area contributed by atoms with E-state index in [9.17, 15) is 5.11 Å². The molecule has 0 spiro atoms. The van der Waals surface area contributed by atoms with Crippen LogP contribution in [0.1, 0.15) is 36.1 Å². The lowest BCUT2D eigenvalue weighted by Gasteiger charge is -2.34. The molecule has 3 heterocycles. The number of ether oxygens (including phenoxy) is 8. The lowest BCUT2D eigenvalue weighted by molar-refractivity contribution is -0.218. The van der Waals surface area contributed by atoms with E-state index in [1.54, 1.807) is 44.2 Å². The van der Waals surface area contributed by atoms with Crippen LogP contribution < -0.4 is 29.1 Å². The molecule has 0 amide bonds. The Kier molecular flexibility index (Phi) is 11.9. The van der Waals surface area contributed by atoms with Crippen molar-refractivity contribution >= 4 is 11.0 Å². The zero-order chi connectivity index (χ0) is 42.5. The second-order valence-electron chi connectivity index (χ2n) is 15.6. The van der Waals surface area contributed by atoms with Crippen LogP contribution in [0.25, 0.3) is 22.3 Å². The molecule has 0 saturated carbocycles. The summed E-state index contributed by atoms with van der Waals surface area (Å²) in [7, 11) is 0. The summed E-state index contributed by atoms with van der Waals surface area (Å²) in [5, 5.41) is 11.7. The molecule has 11 heteroatoms.